The molecule has 0 saturated carbocycles. The maximum atomic E-state index is 12.2. The Hall–Kier alpha value is -3.39. The molecule has 136 valence electrons. The average molecular weight is 381 g/mol. The second-order valence-electron chi connectivity index (χ2n) is 5.74. The molecule has 1 amide bonds. The summed E-state index contributed by atoms with van der Waals surface area (Å²) in [4.78, 5) is 24.7. The van der Waals surface area contributed by atoms with Crippen LogP contribution in [0.15, 0.2) is 69.3 Å². The summed E-state index contributed by atoms with van der Waals surface area (Å²) in [6.45, 7) is 0.414. The topological polar surface area (TPSA) is 86.4 Å². The first-order valence-corrected chi connectivity index (χ1v) is 9.06. The van der Waals surface area contributed by atoms with Gasteiger partial charge < -0.3 is 14.5 Å². The number of nitrogens with one attached hydrogen (secondary N) is 1. The number of benzene rings is 1. The molecule has 0 radical (unpaired) electrons. The standard InChI is InChI=1S/C19H15N3O4S/c23-18(21-17-7-8-20-22(17)11-15-2-1-9-27-15)12-25-14-5-3-13-4-6-19(24)26-16(13)10-14/h1-10H,11-12H2,(H,21,23). The highest BCUT2D eigenvalue weighted by Gasteiger charge is 2.09. The van der Waals surface area contributed by atoms with Crippen molar-refractivity contribution in [1.82, 2.24) is 9.78 Å². The third-order valence-corrected chi connectivity index (χ3v) is 4.70. The molecule has 0 fully saturated rings. The van der Waals surface area contributed by atoms with Crippen LogP contribution in [-0.4, -0.2) is 22.3 Å². The van der Waals surface area contributed by atoms with Gasteiger partial charge in [-0.15, -0.1) is 11.3 Å². The summed E-state index contributed by atoms with van der Waals surface area (Å²) >= 11 is 1.63. The Morgan fingerprint density at radius 3 is 2.96 bits per heavy atom. The Bertz CT molecular complexity index is 1130. The van der Waals surface area contributed by atoms with Gasteiger partial charge in [-0.3, -0.25) is 4.79 Å². The number of thiophene rings is 1. The Morgan fingerprint density at radius 1 is 1.22 bits per heavy atom. The molecule has 7 nitrogen and oxygen atoms in total. The van der Waals surface area contributed by atoms with Gasteiger partial charge in [0.05, 0.1) is 12.7 Å². The van der Waals surface area contributed by atoms with Gasteiger partial charge in [0.25, 0.3) is 5.91 Å². The van der Waals surface area contributed by atoms with Crippen LogP contribution in [0.3, 0.4) is 0 Å². The molecule has 0 unspecified atom stereocenters. The SMILES string of the molecule is O=C(COc1ccc2ccc(=O)oc2c1)Nc1ccnn1Cc1cccs1. The lowest BCUT2D eigenvalue weighted by molar-refractivity contribution is -0.118. The van der Waals surface area contributed by atoms with Gasteiger partial charge in [0.2, 0.25) is 0 Å². The van der Waals surface area contributed by atoms with E-state index in [0.29, 0.717) is 23.7 Å². The Kier molecular flexibility index (Phi) is 4.71. The number of fused-ring (bicyclic) bond motifs is 1. The van der Waals surface area contributed by atoms with Crippen molar-refractivity contribution in [3.05, 3.63) is 75.4 Å². The number of carbonyl (C=O) groups is 1. The van der Waals surface area contributed by atoms with Gasteiger partial charge in [-0.25, -0.2) is 9.48 Å². The molecule has 0 aliphatic rings. The maximum Gasteiger partial charge on any atom is 0.336 e. The number of hydrogen-bond acceptors (Lipinski definition) is 6. The van der Waals surface area contributed by atoms with Crippen molar-refractivity contribution in [3.8, 4) is 5.75 Å². The average Bonchev–Trinajstić information content (AvgIpc) is 3.32. The van der Waals surface area contributed by atoms with Crippen molar-refractivity contribution in [2.45, 2.75) is 6.54 Å². The molecular weight excluding hydrogens is 366 g/mol. The van der Waals surface area contributed by atoms with E-state index in [4.69, 9.17) is 9.15 Å². The van der Waals surface area contributed by atoms with E-state index < -0.39 is 5.63 Å². The number of aromatic nitrogens is 2. The van der Waals surface area contributed by atoms with Gasteiger partial charge in [-0.1, -0.05) is 6.07 Å². The number of anilines is 1. The van der Waals surface area contributed by atoms with Crippen LogP contribution in [0.5, 0.6) is 5.75 Å². The largest absolute Gasteiger partial charge is 0.484 e. The van der Waals surface area contributed by atoms with Gasteiger partial charge in [-0.2, -0.15) is 5.10 Å². The first kappa shape index (κ1) is 17.0. The van der Waals surface area contributed by atoms with E-state index >= 15 is 0 Å². The Morgan fingerprint density at radius 2 is 2.11 bits per heavy atom. The second kappa shape index (κ2) is 7.46. The highest BCUT2D eigenvalue weighted by molar-refractivity contribution is 7.09. The molecule has 3 aromatic heterocycles. The minimum Gasteiger partial charge on any atom is -0.484 e. The number of hydrogen-bond donors (Lipinski definition) is 1. The summed E-state index contributed by atoms with van der Waals surface area (Å²) in [5, 5.41) is 9.80. The maximum absolute atomic E-state index is 12.2. The van der Waals surface area contributed by atoms with Crippen molar-refractivity contribution in [2.75, 3.05) is 11.9 Å². The lowest BCUT2D eigenvalue weighted by Gasteiger charge is -2.09. The van der Waals surface area contributed by atoms with E-state index in [1.165, 1.54) is 6.07 Å². The molecule has 1 aromatic carbocycles. The highest BCUT2D eigenvalue weighted by atomic mass is 32.1. The Balaban J connectivity index is 1.39. The number of carbonyl (C=O) groups excluding carboxylic acids is 1. The summed E-state index contributed by atoms with van der Waals surface area (Å²) < 4.78 is 12.3. The first-order chi connectivity index (χ1) is 13.2. The molecule has 4 aromatic rings. The third-order valence-electron chi connectivity index (χ3n) is 3.83. The van der Waals surface area contributed by atoms with Crippen LogP contribution in [0.2, 0.25) is 0 Å². The van der Waals surface area contributed by atoms with Gasteiger partial charge in [0.1, 0.15) is 17.2 Å². The minimum absolute atomic E-state index is 0.174. The lowest BCUT2D eigenvalue weighted by Crippen LogP contribution is -2.22. The van der Waals surface area contributed by atoms with E-state index in [1.54, 1.807) is 52.5 Å². The molecule has 27 heavy (non-hydrogen) atoms. The molecule has 8 heteroatoms. The van der Waals surface area contributed by atoms with Crippen molar-refractivity contribution < 1.29 is 13.9 Å². The van der Waals surface area contributed by atoms with E-state index in [1.807, 2.05) is 17.5 Å². The van der Waals surface area contributed by atoms with E-state index in [0.717, 1.165) is 10.3 Å². The quantitative estimate of drug-likeness (QED) is 0.519. The molecule has 0 aliphatic carbocycles. The first-order valence-electron chi connectivity index (χ1n) is 8.18. The molecule has 0 saturated heterocycles. The van der Waals surface area contributed by atoms with Gasteiger partial charge in [0.15, 0.2) is 6.61 Å². The van der Waals surface area contributed by atoms with Crippen LogP contribution in [0.25, 0.3) is 11.0 Å². The molecule has 0 spiro atoms. The zero-order valence-electron chi connectivity index (χ0n) is 14.1. The monoisotopic (exact) mass is 381 g/mol. The molecule has 0 bridgehead atoms. The van der Waals surface area contributed by atoms with Crippen LogP contribution in [0.1, 0.15) is 4.88 Å². The number of rotatable bonds is 6. The van der Waals surface area contributed by atoms with Crippen molar-refractivity contribution >= 4 is 34.0 Å². The number of amides is 1. The molecule has 4 rings (SSSR count). The fourth-order valence-electron chi connectivity index (χ4n) is 2.57. The van der Waals surface area contributed by atoms with E-state index in [9.17, 15) is 9.59 Å². The lowest BCUT2D eigenvalue weighted by atomic mass is 10.2. The normalized spacial score (nSPS) is 10.8. The second-order valence-corrected chi connectivity index (χ2v) is 6.78. The van der Waals surface area contributed by atoms with Gasteiger partial charge in [-0.05, 0) is 29.6 Å². The molecular formula is C19H15N3O4S. The van der Waals surface area contributed by atoms with Crippen LogP contribution in [-0.2, 0) is 11.3 Å². The smallest absolute Gasteiger partial charge is 0.336 e. The zero-order chi connectivity index (χ0) is 18.6. The van der Waals surface area contributed by atoms with Crippen LogP contribution in [0, 0.1) is 0 Å². The van der Waals surface area contributed by atoms with Crippen LogP contribution in [0.4, 0.5) is 5.82 Å². The van der Waals surface area contributed by atoms with Crippen LogP contribution < -0.4 is 15.7 Å². The van der Waals surface area contributed by atoms with Crippen molar-refractivity contribution in [2.24, 2.45) is 0 Å². The Labute approximate surface area is 157 Å². The third kappa shape index (κ3) is 4.06. The summed E-state index contributed by atoms with van der Waals surface area (Å²) in [6.07, 6.45) is 1.63. The fraction of sp³-hybridized carbons (Fsp3) is 0.105. The molecule has 3 heterocycles. The number of nitrogens with zero attached hydrogens (tertiary/aromatic N) is 2. The van der Waals surface area contributed by atoms with E-state index in [-0.39, 0.29) is 12.5 Å². The summed E-state index contributed by atoms with van der Waals surface area (Å²) in [6, 6.07) is 13.8. The molecule has 0 aliphatic heterocycles. The van der Waals surface area contributed by atoms with Gasteiger partial charge >= 0.3 is 5.63 Å². The predicted octanol–water partition coefficient (Wildman–Crippen LogP) is 3.12. The summed E-state index contributed by atoms with van der Waals surface area (Å²) in [7, 11) is 0. The fourth-order valence-corrected chi connectivity index (χ4v) is 3.26. The molecule has 0 atom stereocenters. The minimum atomic E-state index is -0.434. The predicted molar refractivity (Wildman–Crippen MR) is 102 cm³/mol. The molecule has 1 N–H and O–H groups in total. The van der Waals surface area contributed by atoms with Crippen molar-refractivity contribution in [1.29, 1.82) is 0 Å². The highest BCUT2D eigenvalue weighted by Crippen LogP contribution is 2.19. The van der Waals surface area contributed by atoms with Crippen molar-refractivity contribution in [3.63, 3.8) is 0 Å². The number of ether oxygens (including phenoxy) is 1. The van der Waals surface area contributed by atoms with E-state index in [2.05, 4.69) is 10.4 Å². The van der Waals surface area contributed by atoms with Gasteiger partial charge in [0, 0.05) is 28.5 Å². The summed E-state index contributed by atoms with van der Waals surface area (Å²) in [5.74, 6) is 0.734. The van der Waals surface area contributed by atoms with Crippen LogP contribution >= 0.6 is 11.3 Å². The summed E-state index contributed by atoms with van der Waals surface area (Å²) in [5.41, 5.74) is -0.0224. The zero-order valence-corrected chi connectivity index (χ0v) is 14.9.